The summed E-state index contributed by atoms with van der Waals surface area (Å²) >= 11 is 0. The highest BCUT2D eigenvalue weighted by Gasteiger charge is 2.40. The quantitative estimate of drug-likeness (QED) is 0.672. The molecule has 8 heteroatoms. The van der Waals surface area contributed by atoms with Crippen molar-refractivity contribution in [2.75, 3.05) is 25.5 Å². The molecule has 31 heavy (non-hydrogen) atoms. The number of likely N-dealkylation sites (N-methyl/N-ethyl adjacent to an activating group) is 2. The summed E-state index contributed by atoms with van der Waals surface area (Å²) in [5.41, 5.74) is 1.70. The highest BCUT2D eigenvalue weighted by atomic mass is 32.2. The third-order valence-corrected chi connectivity index (χ3v) is 8.81. The van der Waals surface area contributed by atoms with Crippen LogP contribution in [0.2, 0.25) is 0 Å². The lowest BCUT2D eigenvalue weighted by atomic mass is 9.94. The molecule has 1 unspecified atom stereocenters. The molecule has 0 saturated heterocycles. The monoisotopic (exact) mass is 447 g/mol. The SMILES string of the molecule is CC1Cc2cc(S(=O)(=O)N(C)CC(=O)N(C)C3CCCCC3)ccc2N1C(=O)C1CC1. The Morgan fingerprint density at radius 1 is 1.06 bits per heavy atom. The molecule has 0 N–H and O–H groups in total. The minimum Gasteiger partial charge on any atom is -0.342 e. The average Bonchev–Trinajstić information content (AvgIpc) is 3.55. The van der Waals surface area contributed by atoms with E-state index < -0.39 is 10.0 Å². The molecule has 2 saturated carbocycles. The largest absolute Gasteiger partial charge is 0.342 e. The third-order valence-electron chi connectivity index (χ3n) is 7.01. The minimum absolute atomic E-state index is 0.0319. The molecule has 0 aromatic heterocycles. The van der Waals surface area contributed by atoms with Crippen LogP contribution in [0.4, 0.5) is 5.69 Å². The van der Waals surface area contributed by atoms with Crippen molar-refractivity contribution in [2.24, 2.45) is 5.92 Å². The van der Waals surface area contributed by atoms with Gasteiger partial charge in [-0.2, -0.15) is 4.31 Å². The van der Waals surface area contributed by atoms with Crippen LogP contribution in [0.25, 0.3) is 0 Å². The molecule has 2 aliphatic carbocycles. The Morgan fingerprint density at radius 3 is 2.39 bits per heavy atom. The van der Waals surface area contributed by atoms with Crippen LogP contribution in [0.3, 0.4) is 0 Å². The van der Waals surface area contributed by atoms with Crippen molar-refractivity contribution in [3.05, 3.63) is 23.8 Å². The summed E-state index contributed by atoms with van der Waals surface area (Å²) in [6, 6.07) is 5.21. The number of benzene rings is 1. The molecule has 7 nitrogen and oxygen atoms in total. The van der Waals surface area contributed by atoms with Crippen LogP contribution in [-0.2, 0) is 26.0 Å². The third kappa shape index (κ3) is 4.37. The van der Waals surface area contributed by atoms with Gasteiger partial charge in [0.1, 0.15) is 0 Å². The van der Waals surface area contributed by atoms with Gasteiger partial charge in [0.15, 0.2) is 0 Å². The molecule has 1 heterocycles. The van der Waals surface area contributed by atoms with E-state index in [1.165, 1.54) is 13.5 Å². The molecule has 170 valence electrons. The Hall–Kier alpha value is -1.93. The molecule has 2 fully saturated rings. The van der Waals surface area contributed by atoms with Gasteiger partial charge in [0, 0.05) is 37.8 Å². The molecule has 1 atom stereocenters. The van der Waals surface area contributed by atoms with Crippen LogP contribution in [0.15, 0.2) is 23.1 Å². The molecule has 4 rings (SSSR count). The average molecular weight is 448 g/mol. The van der Waals surface area contributed by atoms with Gasteiger partial charge in [-0.15, -0.1) is 0 Å². The Labute approximate surface area is 185 Å². The van der Waals surface area contributed by atoms with Crippen LogP contribution >= 0.6 is 0 Å². The van der Waals surface area contributed by atoms with Crippen LogP contribution in [0.5, 0.6) is 0 Å². The summed E-state index contributed by atoms with van der Waals surface area (Å²) in [6.45, 7) is 1.83. The van der Waals surface area contributed by atoms with E-state index in [2.05, 4.69) is 0 Å². The predicted octanol–water partition coefficient (Wildman–Crippen LogP) is 2.79. The van der Waals surface area contributed by atoms with E-state index >= 15 is 0 Å². The topological polar surface area (TPSA) is 78.0 Å². The first-order valence-corrected chi connectivity index (χ1v) is 12.8. The molecule has 1 aromatic carbocycles. The van der Waals surface area contributed by atoms with Gasteiger partial charge in [0.25, 0.3) is 0 Å². The van der Waals surface area contributed by atoms with Crippen LogP contribution < -0.4 is 4.90 Å². The number of hydrogen-bond acceptors (Lipinski definition) is 4. The lowest BCUT2D eigenvalue weighted by molar-refractivity contribution is -0.132. The van der Waals surface area contributed by atoms with Gasteiger partial charge in [-0.05, 0) is 62.8 Å². The van der Waals surface area contributed by atoms with Gasteiger partial charge < -0.3 is 9.80 Å². The number of rotatable bonds is 6. The summed E-state index contributed by atoms with van der Waals surface area (Å²) in [7, 11) is -0.559. The normalized spacial score (nSPS) is 21.9. The molecular formula is C23H33N3O4S. The van der Waals surface area contributed by atoms with Crippen molar-refractivity contribution in [3.63, 3.8) is 0 Å². The summed E-state index contributed by atoms with van der Waals surface area (Å²) < 4.78 is 27.5. The van der Waals surface area contributed by atoms with Gasteiger partial charge in [0.2, 0.25) is 21.8 Å². The summed E-state index contributed by atoms with van der Waals surface area (Å²) in [5.74, 6) is 0.0967. The molecule has 1 aromatic rings. The molecule has 0 spiro atoms. The van der Waals surface area contributed by atoms with Crippen molar-refractivity contribution >= 4 is 27.5 Å². The highest BCUT2D eigenvalue weighted by molar-refractivity contribution is 7.89. The molecule has 1 aliphatic heterocycles. The first-order chi connectivity index (χ1) is 14.7. The number of nitrogens with zero attached hydrogens (tertiary/aromatic N) is 3. The van der Waals surface area contributed by atoms with E-state index in [9.17, 15) is 18.0 Å². The fourth-order valence-electron chi connectivity index (χ4n) is 4.87. The van der Waals surface area contributed by atoms with E-state index in [1.807, 2.05) is 11.8 Å². The van der Waals surface area contributed by atoms with Crippen LogP contribution in [0, 0.1) is 5.92 Å². The number of carbonyl (C=O) groups excluding carboxylic acids is 2. The van der Waals surface area contributed by atoms with Gasteiger partial charge in [-0.25, -0.2) is 8.42 Å². The Bertz CT molecular complexity index is 967. The standard InChI is InChI=1S/C23H33N3O4S/c1-16-13-18-14-20(11-12-21(18)26(16)23(28)17-9-10-17)31(29,30)24(2)15-22(27)25(3)19-7-5-4-6-8-19/h11-12,14,16-17,19H,4-10,13,15H2,1-3H3. The predicted molar refractivity (Wildman–Crippen MR) is 119 cm³/mol. The van der Waals surface area contributed by atoms with Crippen LogP contribution in [-0.4, -0.2) is 62.2 Å². The zero-order chi connectivity index (χ0) is 22.3. The second-order valence-corrected chi connectivity index (χ2v) is 11.4. The zero-order valence-electron chi connectivity index (χ0n) is 18.7. The summed E-state index contributed by atoms with van der Waals surface area (Å²) in [4.78, 5) is 29.1. The lowest BCUT2D eigenvalue weighted by Gasteiger charge is -2.32. The summed E-state index contributed by atoms with van der Waals surface area (Å²) in [5, 5.41) is 0. The number of anilines is 1. The Balaban J connectivity index is 1.47. The van der Waals surface area contributed by atoms with Gasteiger partial charge in [-0.3, -0.25) is 9.59 Å². The first-order valence-electron chi connectivity index (χ1n) is 11.4. The maximum atomic E-state index is 13.2. The van der Waals surface area contributed by atoms with Crippen molar-refractivity contribution < 1.29 is 18.0 Å². The van der Waals surface area contributed by atoms with Gasteiger partial charge in [0.05, 0.1) is 11.4 Å². The smallest absolute Gasteiger partial charge is 0.243 e. The number of sulfonamides is 1. The molecule has 2 amide bonds. The van der Waals surface area contributed by atoms with Crippen molar-refractivity contribution in [2.45, 2.75) is 75.3 Å². The van der Waals surface area contributed by atoms with Crippen LogP contribution in [0.1, 0.15) is 57.4 Å². The molecule has 0 radical (unpaired) electrons. The first kappa shape index (κ1) is 22.3. The number of hydrogen-bond donors (Lipinski definition) is 0. The Morgan fingerprint density at radius 2 is 1.74 bits per heavy atom. The van der Waals surface area contributed by atoms with E-state index in [0.717, 1.165) is 54.1 Å². The number of amides is 2. The fraction of sp³-hybridized carbons (Fsp3) is 0.652. The maximum absolute atomic E-state index is 13.2. The van der Waals surface area contributed by atoms with E-state index in [0.29, 0.717) is 6.42 Å². The number of carbonyl (C=O) groups is 2. The highest BCUT2D eigenvalue weighted by Crippen LogP contribution is 2.39. The van der Waals surface area contributed by atoms with Gasteiger partial charge in [-0.1, -0.05) is 19.3 Å². The van der Waals surface area contributed by atoms with E-state index in [4.69, 9.17) is 0 Å². The molecule has 3 aliphatic rings. The molecular weight excluding hydrogens is 414 g/mol. The lowest BCUT2D eigenvalue weighted by Crippen LogP contribution is -2.44. The molecule has 0 bridgehead atoms. The van der Waals surface area contributed by atoms with Crippen molar-refractivity contribution in [1.29, 1.82) is 0 Å². The summed E-state index contributed by atoms with van der Waals surface area (Å²) in [6.07, 6.45) is 7.93. The van der Waals surface area contributed by atoms with E-state index in [-0.39, 0.29) is 41.3 Å². The second kappa shape index (κ2) is 8.54. The Kier molecular flexibility index (Phi) is 6.14. The fourth-order valence-corrected chi connectivity index (χ4v) is 6.04. The number of fused-ring (bicyclic) bond motifs is 1. The van der Waals surface area contributed by atoms with E-state index in [1.54, 1.807) is 30.1 Å². The maximum Gasteiger partial charge on any atom is 0.243 e. The zero-order valence-corrected chi connectivity index (χ0v) is 19.5. The van der Waals surface area contributed by atoms with Crippen molar-refractivity contribution in [1.82, 2.24) is 9.21 Å². The second-order valence-electron chi connectivity index (χ2n) is 9.38. The van der Waals surface area contributed by atoms with Gasteiger partial charge >= 0.3 is 0 Å². The minimum atomic E-state index is -3.80. The van der Waals surface area contributed by atoms with Crippen molar-refractivity contribution in [3.8, 4) is 0 Å².